The van der Waals surface area contributed by atoms with Crippen molar-refractivity contribution in [2.45, 2.75) is 0 Å². The van der Waals surface area contributed by atoms with Gasteiger partial charge in [-0.25, -0.2) is 4.98 Å². The first-order chi connectivity index (χ1) is 25.2. The summed E-state index contributed by atoms with van der Waals surface area (Å²) in [5.41, 5.74) is 11.1. The number of pyridine rings is 2. The molecule has 4 heterocycles. The van der Waals surface area contributed by atoms with E-state index in [0.717, 1.165) is 66.4 Å². The van der Waals surface area contributed by atoms with Crippen LogP contribution in [0.15, 0.2) is 175 Å². The standard InChI is InChI=1S/C46H28N4O/c51-46-37-21-10-8-19-35(37)44-43(49(46)32-15-5-2-6-16-32)34-18-7-9-20-36(34)45-47-39-25-23-30(28-42(39)50(44)45)29-24-26-41-38(27-29)33-17-11-12-22-40(33)48(41)31-13-3-1-4-14-31/h1-28H. The smallest absolute Gasteiger partial charge is 0.263 e. The Morgan fingerprint density at radius 3 is 1.69 bits per heavy atom. The lowest BCUT2D eigenvalue weighted by Gasteiger charge is -2.17. The molecule has 0 aliphatic heterocycles. The SMILES string of the molecule is O=c1c2ccccc2c2c(c3ccccc3c3nc4ccc(-c5ccc6c(c5)c5ccccc5n6-c5ccccc5)cc4n32)n1-c1ccccc1. The summed E-state index contributed by atoms with van der Waals surface area (Å²) in [5, 5.41) is 5.99. The van der Waals surface area contributed by atoms with Crippen molar-refractivity contribution < 1.29 is 0 Å². The molecule has 5 nitrogen and oxygen atoms in total. The summed E-state index contributed by atoms with van der Waals surface area (Å²) < 4.78 is 6.50. The van der Waals surface area contributed by atoms with Crippen molar-refractivity contribution in [3.05, 3.63) is 180 Å². The number of aromatic nitrogens is 4. The van der Waals surface area contributed by atoms with Crippen LogP contribution in [-0.4, -0.2) is 18.5 Å². The Labute approximate surface area is 291 Å². The van der Waals surface area contributed by atoms with Crippen LogP contribution < -0.4 is 5.56 Å². The zero-order valence-corrected chi connectivity index (χ0v) is 27.4. The average Bonchev–Trinajstić information content (AvgIpc) is 3.74. The number of hydrogen-bond acceptors (Lipinski definition) is 2. The van der Waals surface area contributed by atoms with E-state index in [1.165, 1.54) is 21.8 Å². The summed E-state index contributed by atoms with van der Waals surface area (Å²) in [6.45, 7) is 0. The van der Waals surface area contributed by atoms with Gasteiger partial charge in [0, 0.05) is 43.7 Å². The first-order valence-electron chi connectivity index (χ1n) is 17.2. The zero-order valence-electron chi connectivity index (χ0n) is 27.4. The molecule has 4 aromatic heterocycles. The average molecular weight is 653 g/mol. The molecule has 0 unspecified atom stereocenters. The molecule has 0 aliphatic rings. The number of nitrogens with zero attached hydrogens (tertiary/aromatic N) is 4. The van der Waals surface area contributed by atoms with E-state index in [2.05, 4.69) is 118 Å². The number of benzene rings is 7. The number of fused-ring (bicyclic) bond motifs is 13. The van der Waals surface area contributed by atoms with E-state index in [9.17, 15) is 4.79 Å². The summed E-state index contributed by atoms with van der Waals surface area (Å²) in [6, 6.07) is 58.7. The molecule has 0 saturated carbocycles. The van der Waals surface area contributed by atoms with E-state index in [1.54, 1.807) is 0 Å². The van der Waals surface area contributed by atoms with Crippen molar-refractivity contribution in [3.8, 4) is 22.5 Å². The molecule has 0 amide bonds. The minimum atomic E-state index is -0.0399. The van der Waals surface area contributed by atoms with Crippen LogP contribution in [0, 0.1) is 0 Å². The fourth-order valence-electron chi connectivity index (χ4n) is 8.18. The predicted molar refractivity (Wildman–Crippen MR) is 211 cm³/mol. The van der Waals surface area contributed by atoms with Crippen LogP contribution in [-0.2, 0) is 0 Å². The van der Waals surface area contributed by atoms with E-state index >= 15 is 0 Å². The highest BCUT2D eigenvalue weighted by molar-refractivity contribution is 6.19. The van der Waals surface area contributed by atoms with Gasteiger partial charge in [-0.3, -0.25) is 13.8 Å². The van der Waals surface area contributed by atoms with Gasteiger partial charge in [-0.15, -0.1) is 0 Å². The number of para-hydroxylation sites is 3. The van der Waals surface area contributed by atoms with Gasteiger partial charge in [0.15, 0.2) is 0 Å². The summed E-state index contributed by atoms with van der Waals surface area (Å²) in [6.07, 6.45) is 0. The molecule has 0 aliphatic carbocycles. The fourth-order valence-corrected chi connectivity index (χ4v) is 8.18. The minimum absolute atomic E-state index is 0.0399. The Bertz CT molecular complexity index is 3260. The normalized spacial score (nSPS) is 12.0. The van der Waals surface area contributed by atoms with Gasteiger partial charge in [0.05, 0.1) is 33.1 Å². The Morgan fingerprint density at radius 2 is 0.941 bits per heavy atom. The van der Waals surface area contributed by atoms with Gasteiger partial charge in [-0.2, -0.15) is 0 Å². The van der Waals surface area contributed by atoms with Gasteiger partial charge in [0.1, 0.15) is 5.65 Å². The predicted octanol–water partition coefficient (Wildman–Crippen LogP) is 10.9. The number of imidazole rings is 1. The summed E-state index contributed by atoms with van der Waals surface area (Å²) in [4.78, 5) is 19.7. The number of rotatable bonds is 3. The van der Waals surface area contributed by atoms with Crippen LogP contribution in [0.5, 0.6) is 0 Å². The van der Waals surface area contributed by atoms with Crippen molar-refractivity contribution in [1.29, 1.82) is 0 Å². The highest BCUT2D eigenvalue weighted by Gasteiger charge is 2.21. The molecular formula is C46H28N4O. The van der Waals surface area contributed by atoms with Crippen molar-refractivity contribution >= 4 is 71.1 Å². The molecule has 51 heavy (non-hydrogen) atoms. The number of hydrogen-bond donors (Lipinski definition) is 0. The monoisotopic (exact) mass is 652 g/mol. The van der Waals surface area contributed by atoms with Crippen molar-refractivity contribution in [3.63, 3.8) is 0 Å². The van der Waals surface area contributed by atoms with Crippen LogP contribution >= 0.6 is 0 Å². The second-order valence-corrected chi connectivity index (χ2v) is 13.2. The minimum Gasteiger partial charge on any atom is -0.309 e. The maximum Gasteiger partial charge on any atom is 0.263 e. The van der Waals surface area contributed by atoms with Crippen molar-refractivity contribution in [2.24, 2.45) is 0 Å². The van der Waals surface area contributed by atoms with Gasteiger partial charge in [0.2, 0.25) is 0 Å². The lowest BCUT2D eigenvalue weighted by Crippen LogP contribution is -2.20. The van der Waals surface area contributed by atoms with E-state index < -0.39 is 0 Å². The summed E-state index contributed by atoms with van der Waals surface area (Å²) >= 11 is 0. The third kappa shape index (κ3) is 3.91. The molecule has 0 fully saturated rings. The topological polar surface area (TPSA) is 44.2 Å². The first kappa shape index (κ1) is 27.9. The molecule has 0 spiro atoms. The highest BCUT2D eigenvalue weighted by atomic mass is 16.1. The highest BCUT2D eigenvalue weighted by Crippen LogP contribution is 2.39. The first-order valence-corrected chi connectivity index (χ1v) is 17.2. The maximum absolute atomic E-state index is 14.4. The fraction of sp³-hybridized carbons (Fsp3) is 0. The van der Waals surface area contributed by atoms with E-state index in [0.29, 0.717) is 5.39 Å². The second-order valence-electron chi connectivity index (χ2n) is 13.2. The molecule has 5 heteroatoms. The summed E-state index contributed by atoms with van der Waals surface area (Å²) in [7, 11) is 0. The molecule has 0 atom stereocenters. The maximum atomic E-state index is 14.4. The lowest BCUT2D eigenvalue weighted by molar-refractivity contribution is 1.06. The lowest BCUT2D eigenvalue weighted by atomic mass is 10.0. The third-order valence-electron chi connectivity index (χ3n) is 10.4. The molecule has 11 rings (SSSR count). The molecule has 238 valence electrons. The molecule has 0 saturated heterocycles. The molecule has 11 aromatic rings. The Hall–Kier alpha value is -6.98. The third-order valence-corrected chi connectivity index (χ3v) is 10.4. The molecule has 0 bridgehead atoms. The van der Waals surface area contributed by atoms with Crippen LogP contribution in [0.2, 0.25) is 0 Å². The second kappa shape index (κ2) is 10.5. The van der Waals surface area contributed by atoms with Gasteiger partial charge in [0.25, 0.3) is 5.56 Å². The van der Waals surface area contributed by atoms with Gasteiger partial charge in [-0.05, 0) is 71.8 Å². The summed E-state index contributed by atoms with van der Waals surface area (Å²) in [5.74, 6) is 0. The van der Waals surface area contributed by atoms with Gasteiger partial charge >= 0.3 is 0 Å². The Balaban J connectivity index is 1.25. The van der Waals surface area contributed by atoms with Gasteiger partial charge in [-0.1, -0.05) is 109 Å². The molecule has 0 N–H and O–H groups in total. The quantitative estimate of drug-likeness (QED) is 0.178. The molecular weight excluding hydrogens is 625 g/mol. The van der Waals surface area contributed by atoms with E-state index in [-0.39, 0.29) is 5.56 Å². The Kier molecular flexibility index (Phi) is 5.75. The zero-order chi connectivity index (χ0) is 33.6. The van der Waals surface area contributed by atoms with Crippen molar-refractivity contribution in [2.75, 3.05) is 0 Å². The van der Waals surface area contributed by atoms with Gasteiger partial charge < -0.3 is 4.57 Å². The van der Waals surface area contributed by atoms with Crippen LogP contribution in [0.25, 0.3) is 93.6 Å². The Morgan fingerprint density at radius 1 is 0.392 bits per heavy atom. The molecule has 0 radical (unpaired) electrons. The van der Waals surface area contributed by atoms with Crippen LogP contribution in [0.1, 0.15) is 0 Å². The van der Waals surface area contributed by atoms with Crippen molar-refractivity contribution in [1.82, 2.24) is 18.5 Å². The van der Waals surface area contributed by atoms with Crippen LogP contribution in [0.3, 0.4) is 0 Å². The van der Waals surface area contributed by atoms with E-state index in [4.69, 9.17) is 4.98 Å². The van der Waals surface area contributed by atoms with E-state index in [1.807, 2.05) is 65.2 Å². The van der Waals surface area contributed by atoms with Crippen LogP contribution in [0.4, 0.5) is 0 Å². The molecule has 7 aromatic carbocycles. The largest absolute Gasteiger partial charge is 0.309 e.